The summed E-state index contributed by atoms with van der Waals surface area (Å²) in [5.74, 6) is -0.0778. The van der Waals surface area contributed by atoms with Gasteiger partial charge in [0, 0.05) is 5.56 Å². The Labute approximate surface area is 188 Å². The van der Waals surface area contributed by atoms with Gasteiger partial charge in [0.1, 0.15) is 28.3 Å². The lowest BCUT2D eigenvalue weighted by molar-refractivity contribution is -0.114. The van der Waals surface area contributed by atoms with Crippen LogP contribution in [-0.4, -0.2) is 21.0 Å². The van der Waals surface area contributed by atoms with E-state index in [1.54, 1.807) is 12.1 Å². The number of ketones is 1. The summed E-state index contributed by atoms with van der Waals surface area (Å²) >= 11 is 2.57. The minimum Gasteiger partial charge on any atom is -0.489 e. The first-order valence-electron chi connectivity index (χ1n) is 9.64. The molecule has 0 aliphatic carbocycles. The van der Waals surface area contributed by atoms with Gasteiger partial charge in [0.25, 0.3) is 0 Å². The lowest BCUT2D eigenvalue weighted by Gasteiger charge is -2.08. The van der Waals surface area contributed by atoms with Gasteiger partial charge >= 0.3 is 0 Å². The topological polar surface area (TPSA) is 99.7 Å². The van der Waals surface area contributed by atoms with Crippen LogP contribution in [0.3, 0.4) is 0 Å². The predicted molar refractivity (Wildman–Crippen MR) is 122 cm³/mol. The standard InChI is InChI=1S/C23H18N4O2S2/c1-2-19-26-27-23(31-19)20-21(28)18(30-22(20)25)11-14-7-9-17(10-8-14)29-13-16-6-4-3-5-15(16)12-24/h3-11,20,25H,2,13H2,1H3/b18-11-,25-22?/t20-/m0/s1. The number of nitrogens with one attached hydrogen (secondary N) is 1. The average Bonchev–Trinajstić information content (AvgIpc) is 3.37. The van der Waals surface area contributed by atoms with Crippen molar-refractivity contribution < 1.29 is 9.53 Å². The van der Waals surface area contributed by atoms with Crippen molar-refractivity contribution in [2.45, 2.75) is 25.9 Å². The molecule has 1 saturated heterocycles. The van der Waals surface area contributed by atoms with Crippen LogP contribution in [0.1, 0.15) is 39.5 Å². The van der Waals surface area contributed by atoms with E-state index in [1.165, 1.54) is 23.1 Å². The summed E-state index contributed by atoms with van der Waals surface area (Å²) in [4.78, 5) is 13.4. The molecular formula is C23H18N4O2S2. The number of aromatic nitrogens is 2. The van der Waals surface area contributed by atoms with E-state index in [2.05, 4.69) is 16.3 Å². The first-order valence-corrected chi connectivity index (χ1v) is 11.3. The Kier molecular flexibility index (Phi) is 6.26. The fraction of sp³-hybridized carbons (Fsp3) is 0.174. The van der Waals surface area contributed by atoms with E-state index < -0.39 is 5.92 Å². The monoisotopic (exact) mass is 446 g/mol. The number of hydrogen-bond donors (Lipinski definition) is 1. The summed E-state index contributed by atoms with van der Waals surface area (Å²) in [5, 5.41) is 27.3. The summed E-state index contributed by atoms with van der Waals surface area (Å²) in [6.45, 7) is 2.29. The molecule has 1 N–H and O–H groups in total. The quantitative estimate of drug-likeness (QED) is 0.537. The molecule has 8 heteroatoms. The third-order valence-electron chi connectivity index (χ3n) is 4.73. The van der Waals surface area contributed by atoms with Gasteiger partial charge in [-0.15, -0.1) is 21.5 Å². The lowest BCUT2D eigenvalue weighted by Crippen LogP contribution is -2.11. The number of aryl methyl sites for hydroxylation is 1. The van der Waals surface area contributed by atoms with E-state index in [1.807, 2.05) is 49.4 Å². The summed E-state index contributed by atoms with van der Waals surface area (Å²) in [6.07, 6.45) is 2.55. The predicted octanol–water partition coefficient (Wildman–Crippen LogP) is 4.97. The molecule has 1 aliphatic heterocycles. The van der Waals surface area contributed by atoms with Gasteiger partial charge in [-0.3, -0.25) is 10.2 Å². The van der Waals surface area contributed by atoms with Crippen molar-refractivity contribution in [3.8, 4) is 11.8 Å². The zero-order valence-corrected chi connectivity index (χ0v) is 18.3. The molecule has 0 radical (unpaired) electrons. The van der Waals surface area contributed by atoms with E-state index >= 15 is 0 Å². The van der Waals surface area contributed by atoms with Crippen molar-refractivity contribution in [3.05, 3.63) is 80.1 Å². The second-order valence-electron chi connectivity index (χ2n) is 6.79. The molecular weight excluding hydrogens is 428 g/mol. The summed E-state index contributed by atoms with van der Waals surface area (Å²) in [6, 6.07) is 16.9. The number of nitriles is 1. The molecule has 0 spiro atoms. The summed E-state index contributed by atoms with van der Waals surface area (Å²) in [7, 11) is 0. The van der Waals surface area contributed by atoms with Crippen molar-refractivity contribution in [2.75, 3.05) is 0 Å². The fourth-order valence-electron chi connectivity index (χ4n) is 3.07. The smallest absolute Gasteiger partial charge is 0.186 e. The summed E-state index contributed by atoms with van der Waals surface area (Å²) < 4.78 is 5.79. The number of rotatable bonds is 6. The average molecular weight is 447 g/mol. The molecule has 1 aliphatic rings. The minimum atomic E-state index is -0.642. The number of hydrogen-bond acceptors (Lipinski definition) is 8. The van der Waals surface area contributed by atoms with Crippen molar-refractivity contribution in [1.29, 1.82) is 10.7 Å². The van der Waals surface area contributed by atoms with Crippen LogP contribution < -0.4 is 4.74 Å². The molecule has 31 heavy (non-hydrogen) atoms. The maximum Gasteiger partial charge on any atom is 0.186 e. The Morgan fingerprint density at radius 2 is 1.97 bits per heavy atom. The van der Waals surface area contributed by atoms with Gasteiger partial charge in [0.05, 0.1) is 21.6 Å². The number of Topliss-reactive ketones (excluding diaryl/α,β-unsaturated/α-hetero) is 1. The lowest BCUT2D eigenvalue weighted by atomic mass is 10.1. The van der Waals surface area contributed by atoms with Gasteiger partial charge < -0.3 is 4.74 Å². The van der Waals surface area contributed by atoms with Gasteiger partial charge in [-0.25, -0.2) is 0 Å². The number of carbonyl (C=O) groups is 1. The van der Waals surface area contributed by atoms with E-state index in [4.69, 9.17) is 15.4 Å². The number of ether oxygens (including phenoxy) is 1. The Hall–Kier alpha value is -3.28. The zero-order chi connectivity index (χ0) is 21.8. The third kappa shape index (κ3) is 4.58. The van der Waals surface area contributed by atoms with Crippen molar-refractivity contribution in [1.82, 2.24) is 10.2 Å². The zero-order valence-electron chi connectivity index (χ0n) is 16.7. The number of benzene rings is 2. The first-order chi connectivity index (χ1) is 15.1. The molecule has 0 bridgehead atoms. The fourth-order valence-corrected chi connectivity index (χ4v) is 5.02. The van der Waals surface area contributed by atoms with Crippen LogP contribution in [-0.2, 0) is 17.8 Å². The molecule has 4 rings (SSSR count). The molecule has 1 fully saturated rings. The van der Waals surface area contributed by atoms with Crippen LogP contribution in [0.25, 0.3) is 6.08 Å². The summed E-state index contributed by atoms with van der Waals surface area (Å²) in [5.41, 5.74) is 2.27. The van der Waals surface area contributed by atoms with Crippen LogP contribution in [0.2, 0.25) is 0 Å². The first kappa shape index (κ1) is 21.0. The molecule has 0 saturated carbocycles. The normalized spacial score (nSPS) is 17.2. The number of allylic oxidation sites excluding steroid dienone is 1. The molecule has 2 heterocycles. The number of carbonyl (C=O) groups excluding carboxylic acids is 1. The van der Waals surface area contributed by atoms with E-state index in [0.29, 0.717) is 27.8 Å². The van der Waals surface area contributed by atoms with Gasteiger partial charge in [0.2, 0.25) is 0 Å². The minimum absolute atomic E-state index is 0.109. The van der Waals surface area contributed by atoms with E-state index in [9.17, 15) is 4.79 Å². The number of thioether (sulfide) groups is 1. The highest BCUT2D eigenvalue weighted by atomic mass is 32.2. The Morgan fingerprint density at radius 1 is 1.19 bits per heavy atom. The van der Waals surface area contributed by atoms with Crippen LogP contribution in [0.4, 0.5) is 0 Å². The van der Waals surface area contributed by atoms with Gasteiger partial charge in [0.15, 0.2) is 5.78 Å². The van der Waals surface area contributed by atoms with Crippen molar-refractivity contribution in [3.63, 3.8) is 0 Å². The Morgan fingerprint density at radius 3 is 2.68 bits per heavy atom. The second-order valence-corrected chi connectivity index (χ2v) is 8.96. The highest BCUT2D eigenvalue weighted by molar-refractivity contribution is 8.19. The van der Waals surface area contributed by atoms with Crippen LogP contribution >= 0.6 is 23.1 Å². The Bertz CT molecular complexity index is 1210. The highest BCUT2D eigenvalue weighted by Crippen LogP contribution is 2.41. The Balaban J connectivity index is 1.45. The highest BCUT2D eigenvalue weighted by Gasteiger charge is 2.39. The van der Waals surface area contributed by atoms with Crippen molar-refractivity contribution in [2.24, 2.45) is 0 Å². The third-order valence-corrected chi connectivity index (χ3v) is 6.86. The molecule has 154 valence electrons. The molecule has 0 amide bonds. The number of nitrogens with zero attached hydrogens (tertiary/aromatic N) is 3. The van der Waals surface area contributed by atoms with Gasteiger partial charge in [-0.1, -0.05) is 49.0 Å². The van der Waals surface area contributed by atoms with Crippen LogP contribution in [0, 0.1) is 16.7 Å². The molecule has 3 aromatic rings. The van der Waals surface area contributed by atoms with E-state index in [0.717, 1.165) is 22.6 Å². The molecule has 1 aromatic heterocycles. The van der Waals surface area contributed by atoms with E-state index in [-0.39, 0.29) is 10.8 Å². The second kappa shape index (κ2) is 9.25. The largest absolute Gasteiger partial charge is 0.489 e. The SMILES string of the molecule is CCc1nnc([C@@H]2C(=N)S/C(=C\c3ccc(OCc4ccccc4C#N)cc3)C2=O)s1. The maximum absolute atomic E-state index is 12.9. The molecule has 1 atom stereocenters. The molecule has 2 aromatic carbocycles. The maximum atomic E-state index is 12.9. The van der Waals surface area contributed by atoms with Gasteiger partial charge in [-0.2, -0.15) is 5.26 Å². The van der Waals surface area contributed by atoms with Gasteiger partial charge in [-0.05, 0) is 36.3 Å². The van der Waals surface area contributed by atoms with Crippen LogP contribution in [0.15, 0.2) is 53.4 Å². The molecule has 0 unspecified atom stereocenters. The van der Waals surface area contributed by atoms with Crippen LogP contribution in [0.5, 0.6) is 5.75 Å². The van der Waals surface area contributed by atoms with Crippen molar-refractivity contribution >= 4 is 40.0 Å². The molecule has 6 nitrogen and oxygen atoms in total.